The molecular weight excluding hydrogens is 246 g/mol. The number of nitrogens with zero attached hydrogens (tertiary/aromatic N) is 1. The Kier molecular flexibility index (Phi) is 6.42. The van der Waals surface area contributed by atoms with Crippen LogP contribution < -0.4 is 9.47 Å². The second kappa shape index (κ2) is 7.63. The molecule has 1 aromatic rings. The molecule has 5 heteroatoms. The molecule has 90 valence electrons. The van der Waals surface area contributed by atoms with Crippen LogP contribution in [0.2, 0.25) is 0 Å². The Morgan fingerprint density at radius 1 is 1.38 bits per heavy atom. The number of alkyl halides is 1. The summed E-state index contributed by atoms with van der Waals surface area (Å²) >= 11 is 7.41. The van der Waals surface area contributed by atoms with E-state index in [1.165, 1.54) is 0 Å². The van der Waals surface area contributed by atoms with Gasteiger partial charge < -0.3 is 9.47 Å². The Morgan fingerprint density at radius 2 is 2.19 bits per heavy atom. The van der Waals surface area contributed by atoms with Crippen molar-refractivity contribution in [2.24, 2.45) is 0 Å². The van der Waals surface area contributed by atoms with E-state index in [4.69, 9.17) is 21.1 Å². The van der Waals surface area contributed by atoms with E-state index in [1.807, 2.05) is 0 Å². The highest BCUT2D eigenvalue weighted by atomic mass is 35.5. The van der Waals surface area contributed by atoms with Crippen LogP contribution in [0.5, 0.6) is 11.5 Å². The van der Waals surface area contributed by atoms with E-state index in [0.717, 1.165) is 35.1 Å². The smallest absolute Gasteiger partial charge is 0.183 e. The fraction of sp³-hybridized carbons (Fsp3) is 0.545. The minimum atomic E-state index is 0.704. The molecule has 0 radical (unpaired) electrons. The van der Waals surface area contributed by atoms with Crippen LogP contribution in [0, 0.1) is 0 Å². The molecule has 0 fully saturated rings. The van der Waals surface area contributed by atoms with Crippen LogP contribution in [0.15, 0.2) is 12.3 Å². The van der Waals surface area contributed by atoms with E-state index >= 15 is 0 Å². The van der Waals surface area contributed by atoms with Gasteiger partial charge in [-0.2, -0.15) is 11.8 Å². The van der Waals surface area contributed by atoms with Crippen molar-refractivity contribution in [1.29, 1.82) is 0 Å². The number of hydrogen-bond acceptors (Lipinski definition) is 4. The maximum Gasteiger partial charge on any atom is 0.183 e. The van der Waals surface area contributed by atoms with Crippen LogP contribution in [-0.4, -0.2) is 30.8 Å². The zero-order valence-corrected chi connectivity index (χ0v) is 11.1. The summed E-state index contributed by atoms with van der Waals surface area (Å²) < 4.78 is 10.5. The summed E-state index contributed by atoms with van der Waals surface area (Å²) in [5.41, 5.74) is 0.918. The monoisotopic (exact) mass is 261 g/mol. The number of ether oxygens (including phenoxy) is 2. The molecular formula is C11H16ClNO2S. The van der Waals surface area contributed by atoms with E-state index in [-0.39, 0.29) is 0 Å². The normalized spacial score (nSPS) is 10.2. The number of rotatable bonds is 7. The van der Waals surface area contributed by atoms with Crippen LogP contribution >= 0.6 is 23.4 Å². The van der Waals surface area contributed by atoms with Gasteiger partial charge in [0.25, 0.3) is 0 Å². The van der Waals surface area contributed by atoms with Gasteiger partial charge in [0.05, 0.1) is 19.9 Å². The minimum Gasteiger partial charge on any atom is -0.493 e. The lowest BCUT2D eigenvalue weighted by Gasteiger charge is -2.10. The summed E-state index contributed by atoms with van der Waals surface area (Å²) in [5, 5.41) is 0. The number of thioether (sulfide) groups is 1. The molecule has 0 saturated heterocycles. The lowest BCUT2D eigenvalue weighted by molar-refractivity contribution is 0.350. The first-order valence-electron chi connectivity index (χ1n) is 5.03. The predicted octanol–water partition coefficient (Wildman–Crippen LogP) is 2.96. The van der Waals surface area contributed by atoms with E-state index in [1.54, 1.807) is 38.2 Å². The average molecular weight is 262 g/mol. The van der Waals surface area contributed by atoms with Gasteiger partial charge in [-0.25, -0.2) is 0 Å². The summed E-state index contributed by atoms with van der Waals surface area (Å²) in [6.45, 7) is 0. The number of aromatic nitrogens is 1. The highest BCUT2D eigenvalue weighted by Gasteiger charge is 2.10. The average Bonchev–Trinajstić information content (AvgIpc) is 2.34. The molecule has 0 N–H and O–H groups in total. The van der Waals surface area contributed by atoms with Gasteiger partial charge in [0, 0.05) is 23.9 Å². The van der Waals surface area contributed by atoms with Crippen LogP contribution in [0.1, 0.15) is 12.1 Å². The highest BCUT2D eigenvalue weighted by Crippen LogP contribution is 2.31. The van der Waals surface area contributed by atoms with Gasteiger partial charge in [0.2, 0.25) is 0 Å². The first kappa shape index (κ1) is 13.5. The topological polar surface area (TPSA) is 31.4 Å². The minimum absolute atomic E-state index is 0.704. The van der Waals surface area contributed by atoms with Gasteiger partial charge >= 0.3 is 0 Å². The van der Waals surface area contributed by atoms with Crippen molar-refractivity contribution in [1.82, 2.24) is 4.98 Å². The Hall–Kier alpha value is -0.610. The Labute approximate surface area is 105 Å². The van der Waals surface area contributed by atoms with E-state index in [0.29, 0.717) is 5.88 Å². The van der Waals surface area contributed by atoms with E-state index in [9.17, 15) is 0 Å². The third kappa shape index (κ3) is 3.76. The van der Waals surface area contributed by atoms with Crippen molar-refractivity contribution in [3.05, 3.63) is 18.0 Å². The summed E-state index contributed by atoms with van der Waals surface area (Å²) in [5.74, 6) is 4.01. The molecule has 0 aliphatic heterocycles. The zero-order chi connectivity index (χ0) is 11.8. The van der Waals surface area contributed by atoms with Crippen molar-refractivity contribution < 1.29 is 9.47 Å². The largest absolute Gasteiger partial charge is 0.493 e. The Balaban J connectivity index is 2.63. The Bertz CT molecular complexity index is 323. The first-order chi connectivity index (χ1) is 7.83. The van der Waals surface area contributed by atoms with E-state index in [2.05, 4.69) is 4.98 Å². The van der Waals surface area contributed by atoms with Crippen molar-refractivity contribution in [2.75, 3.05) is 25.9 Å². The summed E-state index contributed by atoms with van der Waals surface area (Å²) in [4.78, 5) is 4.30. The molecule has 1 heterocycles. The molecule has 0 atom stereocenters. The zero-order valence-electron chi connectivity index (χ0n) is 9.53. The molecule has 0 unspecified atom stereocenters. The number of methoxy groups -OCH3 is 2. The second-order valence-corrected chi connectivity index (χ2v) is 4.57. The van der Waals surface area contributed by atoms with Gasteiger partial charge in [-0.15, -0.1) is 11.6 Å². The first-order valence-corrected chi connectivity index (χ1v) is 6.72. The van der Waals surface area contributed by atoms with E-state index < -0.39 is 0 Å². The predicted molar refractivity (Wildman–Crippen MR) is 68.8 cm³/mol. The lowest BCUT2D eigenvalue weighted by Crippen LogP contribution is -1.98. The number of halogens is 1. The van der Waals surface area contributed by atoms with Crippen LogP contribution in [0.25, 0.3) is 0 Å². The number of pyridine rings is 1. The van der Waals surface area contributed by atoms with Gasteiger partial charge in [0.15, 0.2) is 11.5 Å². The number of hydrogen-bond donors (Lipinski definition) is 0. The van der Waals surface area contributed by atoms with Crippen molar-refractivity contribution in [2.45, 2.75) is 12.2 Å². The molecule has 3 nitrogen and oxygen atoms in total. The quantitative estimate of drug-likeness (QED) is 0.558. The van der Waals surface area contributed by atoms with Crippen LogP contribution in [0.3, 0.4) is 0 Å². The van der Waals surface area contributed by atoms with Gasteiger partial charge in [0.1, 0.15) is 0 Å². The van der Waals surface area contributed by atoms with Crippen LogP contribution in [-0.2, 0) is 5.75 Å². The molecule has 16 heavy (non-hydrogen) atoms. The SMILES string of the molecule is COc1ccnc(CSCCCCl)c1OC. The van der Waals surface area contributed by atoms with Crippen molar-refractivity contribution in [3.8, 4) is 11.5 Å². The molecule has 0 aliphatic carbocycles. The molecule has 0 spiro atoms. The van der Waals surface area contributed by atoms with Gasteiger partial charge in [-0.05, 0) is 12.2 Å². The molecule has 1 aromatic heterocycles. The van der Waals surface area contributed by atoms with Crippen molar-refractivity contribution >= 4 is 23.4 Å². The lowest BCUT2D eigenvalue weighted by atomic mass is 10.3. The van der Waals surface area contributed by atoms with Gasteiger partial charge in [-0.3, -0.25) is 4.98 Å². The standard InChI is InChI=1S/C11H16ClNO2S/c1-14-10-4-6-13-9(11(10)15-2)8-16-7-3-5-12/h4,6H,3,5,7-8H2,1-2H3. The maximum atomic E-state index is 5.62. The molecule has 0 aromatic carbocycles. The molecule has 0 amide bonds. The molecule has 0 bridgehead atoms. The second-order valence-electron chi connectivity index (χ2n) is 3.09. The van der Waals surface area contributed by atoms with Crippen molar-refractivity contribution in [3.63, 3.8) is 0 Å². The third-order valence-electron chi connectivity index (χ3n) is 2.03. The molecule has 0 saturated carbocycles. The fourth-order valence-electron chi connectivity index (χ4n) is 1.28. The maximum absolute atomic E-state index is 5.62. The Morgan fingerprint density at radius 3 is 2.81 bits per heavy atom. The molecule has 0 aliphatic rings. The summed E-state index contributed by atoms with van der Waals surface area (Å²) in [6, 6.07) is 1.80. The van der Waals surface area contributed by atoms with Gasteiger partial charge in [-0.1, -0.05) is 0 Å². The third-order valence-corrected chi connectivity index (χ3v) is 3.35. The van der Waals surface area contributed by atoms with Crippen LogP contribution in [0.4, 0.5) is 0 Å². The highest BCUT2D eigenvalue weighted by molar-refractivity contribution is 7.98. The molecule has 1 rings (SSSR count). The fourth-order valence-corrected chi connectivity index (χ4v) is 2.46. The summed E-state index contributed by atoms with van der Waals surface area (Å²) in [7, 11) is 3.26. The summed E-state index contributed by atoms with van der Waals surface area (Å²) in [6.07, 6.45) is 2.75.